The van der Waals surface area contributed by atoms with Crippen LogP contribution < -0.4 is 11.1 Å². The van der Waals surface area contributed by atoms with Gasteiger partial charge < -0.3 is 16.0 Å². The molecular weight excluding hydrogens is 274 g/mol. The lowest BCUT2D eigenvalue weighted by molar-refractivity contribution is -0.126. The van der Waals surface area contributed by atoms with E-state index in [1.807, 2.05) is 6.92 Å². The van der Waals surface area contributed by atoms with Gasteiger partial charge in [0.15, 0.2) is 0 Å². The van der Waals surface area contributed by atoms with Gasteiger partial charge in [-0.1, -0.05) is 20.3 Å². The molecule has 4 nitrogen and oxygen atoms in total. The van der Waals surface area contributed by atoms with Crippen molar-refractivity contribution in [3.05, 3.63) is 0 Å². The van der Waals surface area contributed by atoms with Crippen molar-refractivity contribution < 1.29 is 4.79 Å². The molecule has 0 bridgehead atoms. The van der Waals surface area contributed by atoms with Gasteiger partial charge in [-0.25, -0.2) is 0 Å². The molecule has 1 amide bonds. The Morgan fingerprint density at radius 1 is 1.30 bits per heavy atom. The molecule has 3 N–H and O–H groups in total. The first-order valence-corrected chi connectivity index (χ1v) is 7.79. The van der Waals surface area contributed by atoms with Gasteiger partial charge in [-0.15, -0.1) is 12.4 Å². The van der Waals surface area contributed by atoms with Gasteiger partial charge in [0.1, 0.15) is 0 Å². The fourth-order valence-electron chi connectivity index (χ4n) is 2.80. The fraction of sp³-hybridized carbons (Fsp3) is 0.933. The van der Waals surface area contributed by atoms with Crippen molar-refractivity contribution in [2.45, 2.75) is 58.4 Å². The van der Waals surface area contributed by atoms with Crippen LogP contribution in [0.2, 0.25) is 0 Å². The van der Waals surface area contributed by atoms with E-state index in [4.69, 9.17) is 5.73 Å². The summed E-state index contributed by atoms with van der Waals surface area (Å²) in [5.74, 6) is 0.625. The number of carbonyl (C=O) groups is 1. The number of nitrogens with zero attached hydrogens (tertiary/aromatic N) is 1. The highest BCUT2D eigenvalue weighted by Crippen LogP contribution is 2.17. The summed E-state index contributed by atoms with van der Waals surface area (Å²) >= 11 is 0. The monoisotopic (exact) mass is 305 g/mol. The van der Waals surface area contributed by atoms with E-state index in [-0.39, 0.29) is 18.3 Å². The molecule has 1 atom stereocenters. The second-order valence-electron chi connectivity index (χ2n) is 6.16. The quantitative estimate of drug-likeness (QED) is 0.758. The summed E-state index contributed by atoms with van der Waals surface area (Å²) in [4.78, 5) is 14.5. The Kier molecular flexibility index (Phi) is 9.43. The van der Waals surface area contributed by atoms with Gasteiger partial charge in [-0.3, -0.25) is 4.79 Å². The van der Waals surface area contributed by atoms with Crippen LogP contribution in [0.5, 0.6) is 0 Å². The van der Waals surface area contributed by atoms with Crippen molar-refractivity contribution in [2.24, 2.45) is 11.7 Å². The van der Waals surface area contributed by atoms with E-state index in [0.717, 1.165) is 19.4 Å². The number of nitrogens with one attached hydrogen (secondary N) is 1. The highest BCUT2D eigenvalue weighted by molar-refractivity contribution is 5.85. The maximum atomic E-state index is 12.0. The van der Waals surface area contributed by atoms with E-state index in [9.17, 15) is 4.79 Å². The summed E-state index contributed by atoms with van der Waals surface area (Å²) in [5.41, 5.74) is 5.32. The number of hydrogen-bond donors (Lipinski definition) is 2. The number of piperidine rings is 1. The molecule has 0 spiro atoms. The van der Waals surface area contributed by atoms with E-state index >= 15 is 0 Å². The smallest absolute Gasteiger partial charge is 0.239 e. The van der Waals surface area contributed by atoms with Crippen LogP contribution in [0.3, 0.4) is 0 Å². The second-order valence-corrected chi connectivity index (χ2v) is 6.16. The van der Waals surface area contributed by atoms with Crippen LogP contribution in [-0.4, -0.2) is 42.5 Å². The zero-order valence-corrected chi connectivity index (χ0v) is 14.1. The molecule has 120 valence electrons. The van der Waals surface area contributed by atoms with Crippen molar-refractivity contribution in [3.63, 3.8) is 0 Å². The summed E-state index contributed by atoms with van der Waals surface area (Å²) in [6, 6.07) is 0. The Hall–Kier alpha value is -0.320. The normalized spacial score (nSPS) is 20.0. The average Bonchev–Trinajstić information content (AvgIpc) is 2.38. The zero-order chi connectivity index (χ0) is 14.3. The first-order valence-electron chi connectivity index (χ1n) is 7.79. The molecule has 1 aliphatic heterocycles. The Labute approximate surface area is 130 Å². The van der Waals surface area contributed by atoms with E-state index in [0.29, 0.717) is 5.92 Å². The Bertz CT molecular complexity index is 276. The van der Waals surface area contributed by atoms with Crippen LogP contribution in [0.15, 0.2) is 0 Å². The van der Waals surface area contributed by atoms with Gasteiger partial charge in [0.05, 0.1) is 5.54 Å². The van der Waals surface area contributed by atoms with Crippen LogP contribution in [-0.2, 0) is 4.79 Å². The lowest BCUT2D eigenvalue weighted by Crippen LogP contribution is -2.52. The van der Waals surface area contributed by atoms with Gasteiger partial charge in [0.25, 0.3) is 0 Å². The standard InChI is InChI=1S/C15H31N3O.ClH/c1-4-8-15(3,16)14(19)17-12-13-6-10-18(9-5-2)11-7-13;/h13H,4-12,16H2,1-3H3,(H,17,19);1H. The number of hydrogen-bond acceptors (Lipinski definition) is 3. The fourth-order valence-corrected chi connectivity index (χ4v) is 2.80. The highest BCUT2D eigenvalue weighted by Gasteiger charge is 2.28. The molecule has 0 radical (unpaired) electrons. The summed E-state index contributed by atoms with van der Waals surface area (Å²) in [6.45, 7) is 10.4. The van der Waals surface area contributed by atoms with Crippen molar-refractivity contribution in [2.75, 3.05) is 26.2 Å². The number of carbonyl (C=O) groups excluding carboxylic acids is 1. The molecule has 1 aliphatic rings. The van der Waals surface area contributed by atoms with Gasteiger partial charge in [-0.2, -0.15) is 0 Å². The van der Waals surface area contributed by atoms with Gasteiger partial charge in [-0.05, 0) is 58.2 Å². The van der Waals surface area contributed by atoms with Crippen molar-refractivity contribution in [3.8, 4) is 0 Å². The molecule has 0 saturated carbocycles. The molecule has 20 heavy (non-hydrogen) atoms. The van der Waals surface area contributed by atoms with E-state index < -0.39 is 5.54 Å². The lowest BCUT2D eigenvalue weighted by atomic mass is 9.94. The molecule has 1 fully saturated rings. The van der Waals surface area contributed by atoms with Crippen LogP contribution in [0.25, 0.3) is 0 Å². The lowest BCUT2D eigenvalue weighted by Gasteiger charge is -2.32. The molecule has 1 rings (SSSR count). The number of likely N-dealkylation sites (tertiary alicyclic amines) is 1. The minimum atomic E-state index is -0.711. The predicted octanol–water partition coefficient (Wildman–Crippen LogP) is 2.16. The van der Waals surface area contributed by atoms with Crippen LogP contribution >= 0.6 is 12.4 Å². The topological polar surface area (TPSA) is 58.4 Å². The van der Waals surface area contributed by atoms with Gasteiger partial charge in [0, 0.05) is 6.54 Å². The first kappa shape index (κ1) is 19.7. The molecule has 0 aromatic heterocycles. The molecular formula is C15H32ClN3O. The van der Waals surface area contributed by atoms with E-state index in [2.05, 4.69) is 24.1 Å². The van der Waals surface area contributed by atoms with Crippen molar-refractivity contribution in [1.82, 2.24) is 10.2 Å². The average molecular weight is 306 g/mol. The maximum absolute atomic E-state index is 12.0. The van der Waals surface area contributed by atoms with Crippen LogP contribution in [0, 0.1) is 5.92 Å². The Morgan fingerprint density at radius 3 is 2.40 bits per heavy atom. The maximum Gasteiger partial charge on any atom is 0.239 e. The number of halogens is 1. The van der Waals surface area contributed by atoms with Crippen LogP contribution in [0.1, 0.15) is 52.9 Å². The predicted molar refractivity (Wildman–Crippen MR) is 87.2 cm³/mol. The summed E-state index contributed by atoms with van der Waals surface area (Å²) < 4.78 is 0. The van der Waals surface area contributed by atoms with Crippen molar-refractivity contribution in [1.29, 1.82) is 0 Å². The zero-order valence-electron chi connectivity index (χ0n) is 13.3. The summed E-state index contributed by atoms with van der Waals surface area (Å²) in [5, 5.41) is 3.04. The van der Waals surface area contributed by atoms with Gasteiger partial charge in [0.2, 0.25) is 5.91 Å². The number of nitrogens with two attached hydrogens (primary N) is 1. The second kappa shape index (κ2) is 9.59. The molecule has 0 aromatic rings. The minimum absolute atomic E-state index is 0. The van der Waals surface area contributed by atoms with E-state index in [1.165, 1.54) is 38.9 Å². The molecule has 5 heteroatoms. The largest absolute Gasteiger partial charge is 0.354 e. The number of amides is 1. The van der Waals surface area contributed by atoms with E-state index in [1.54, 1.807) is 0 Å². The molecule has 1 heterocycles. The van der Waals surface area contributed by atoms with Gasteiger partial charge >= 0.3 is 0 Å². The molecule has 0 aromatic carbocycles. The third kappa shape index (κ3) is 6.42. The third-order valence-electron chi connectivity index (χ3n) is 4.09. The summed E-state index contributed by atoms with van der Waals surface area (Å²) in [6.07, 6.45) is 5.29. The SMILES string of the molecule is CCCN1CCC(CNC(=O)C(C)(N)CCC)CC1.Cl. The molecule has 1 saturated heterocycles. The van der Waals surface area contributed by atoms with Crippen LogP contribution in [0.4, 0.5) is 0 Å². The number of rotatable bonds is 7. The third-order valence-corrected chi connectivity index (χ3v) is 4.09. The molecule has 1 unspecified atom stereocenters. The summed E-state index contributed by atoms with van der Waals surface area (Å²) in [7, 11) is 0. The Morgan fingerprint density at radius 2 is 1.90 bits per heavy atom. The minimum Gasteiger partial charge on any atom is -0.354 e. The first-order chi connectivity index (χ1) is 8.99. The Balaban J connectivity index is 0.00000361. The molecule has 0 aliphatic carbocycles. The van der Waals surface area contributed by atoms with Crippen molar-refractivity contribution >= 4 is 18.3 Å². The highest BCUT2D eigenvalue weighted by atomic mass is 35.5.